The lowest BCUT2D eigenvalue weighted by molar-refractivity contribution is 0.0529. The Labute approximate surface area is 177 Å². The number of benzene rings is 1. The predicted octanol–water partition coefficient (Wildman–Crippen LogP) is 3.64. The maximum Gasteiger partial charge on any atom is 0.191 e. The molecular formula is C24H41N3O2. The highest BCUT2D eigenvalue weighted by Gasteiger charge is 2.35. The molecule has 1 aliphatic rings. The van der Waals surface area contributed by atoms with Crippen LogP contribution in [-0.2, 0) is 10.2 Å². The van der Waals surface area contributed by atoms with E-state index in [0.717, 1.165) is 64.5 Å². The third-order valence-electron chi connectivity index (χ3n) is 5.95. The van der Waals surface area contributed by atoms with E-state index < -0.39 is 0 Å². The highest BCUT2D eigenvalue weighted by Crippen LogP contribution is 2.37. The van der Waals surface area contributed by atoms with Crippen molar-refractivity contribution in [1.82, 2.24) is 10.6 Å². The number of ether oxygens (including phenoxy) is 1. The molecule has 0 radical (unpaired) electrons. The van der Waals surface area contributed by atoms with Crippen LogP contribution < -0.4 is 10.6 Å². The molecule has 0 aromatic heterocycles. The van der Waals surface area contributed by atoms with E-state index in [4.69, 9.17) is 9.73 Å². The first kappa shape index (κ1) is 23.7. The second-order valence-corrected chi connectivity index (χ2v) is 8.79. The van der Waals surface area contributed by atoms with Gasteiger partial charge in [0.15, 0.2) is 5.96 Å². The molecule has 0 aliphatic carbocycles. The number of guanidine groups is 1. The van der Waals surface area contributed by atoms with Gasteiger partial charge in [-0.1, -0.05) is 38.1 Å². The number of hydrogen-bond acceptors (Lipinski definition) is 3. The van der Waals surface area contributed by atoms with Gasteiger partial charge in [-0.25, -0.2) is 0 Å². The maximum absolute atomic E-state index is 9.39. The van der Waals surface area contributed by atoms with E-state index >= 15 is 0 Å². The fraction of sp³-hybridized carbons (Fsp3) is 0.708. The van der Waals surface area contributed by atoms with Gasteiger partial charge in [-0.05, 0) is 62.5 Å². The summed E-state index contributed by atoms with van der Waals surface area (Å²) in [7, 11) is 0. The maximum atomic E-state index is 9.39. The second kappa shape index (κ2) is 12.2. The summed E-state index contributed by atoms with van der Waals surface area (Å²) >= 11 is 0. The summed E-state index contributed by atoms with van der Waals surface area (Å²) in [5.41, 5.74) is 2.78. The minimum absolute atomic E-state index is 0.0361. The zero-order valence-electron chi connectivity index (χ0n) is 18.8. The Morgan fingerprint density at radius 1 is 1.21 bits per heavy atom. The topological polar surface area (TPSA) is 65.9 Å². The summed E-state index contributed by atoms with van der Waals surface area (Å²) in [5.74, 6) is 1.95. The number of aryl methyl sites for hydroxylation is 1. The first-order valence-electron chi connectivity index (χ1n) is 11.3. The molecule has 1 atom stereocenters. The number of aliphatic imine (C=N–C) groups is 1. The number of hydrogen-bond donors (Lipinski definition) is 3. The first-order valence-corrected chi connectivity index (χ1v) is 11.3. The van der Waals surface area contributed by atoms with Gasteiger partial charge in [0.05, 0.1) is 6.54 Å². The normalized spacial score (nSPS) is 17.9. The number of rotatable bonds is 10. The third-order valence-corrected chi connectivity index (χ3v) is 5.95. The SMILES string of the molecule is CCNC(=NCC1(c2ccccc2C)CCOCC1)NCC(CCO)CC(C)C. The standard InChI is InChI=1S/C24H41N3O2/c1-5-25-23(26-17-21(10-13-28)16-19(2)3)27-18-24(11-14-29-15-12-24)22-9-7-6-8-20(22)4/h6-9,19,21,28H,5,10-18H2,1-4H3,(H2,25,26,27). The molecule has 1 heterocycles. The molecule has 3 N–H and O–H groups in total. The summed E-state index contributed by atoms with van der Waals surface area (Å²) in [4.78, 5) is 5.01. The van der Waals surface area contributed by atoms with Crippen LogP contribution in [-0.4, -0.2) is 50.5 Å². The second-order valence-electron chi connectivity index (χ2n) is 8.79. The van der Waals surface area contributed by atoms with E-state index in [1.165, 1.54) is 11.1 Å². The molecule has 1 aliphatic heterocycles. The number of nitrogens with zero attached hydrogens (tertiary/aromatic N) is 1. The summed E-state index contributed by atoms with van der Waals surface area (Å²) in [6.45, 7) is 13.0. The number of aliphatic hydroxyl groups is 1. The van der Waals surface area contributed by atoms with Crippen LogP contribution in [0, 0.1) is 18.8 Å². The van der Waals surface area contributed by atoms with Gasteiger partial charge in [0.1, 0.15) is 0 Å². The molecule has 2 rings (SSSR count). The van der Waals surface area contributed by atoms with Crippen molar-refractivity contribution in [2.24, 2.45) is 16.8 Å². The Morgan fingerprint density at radius 2 is 1.93 bits per heavy atom. The largest absolute Gasteiger partial charge is 0.396 e. The zero-order chi connectivity index (χ0) is 21.1. The lowest BCUT2D eigenvalue weighted by Gasteiger charge is -2.37. The third kappa shape index (κ3) is 7.31. The summed E-state index contributed by atoms with van der Waals surface area (Å²) in [6, 6.07) is 8.70. The molecule has 5 heteroatoms. The van der Waals surface area contributed by atoms with Gasteiger partial charge in [0.25, 0.3) is 0 Å². The number of aliphatic hydroxyl groups excluding tert-OH is 1. The molecule has 0 bridgehead atoms. The summed E-state index contributed by atoms with van der Waals surface area (Å²) in [5, 5.41) is 16.3. The van der Waals surface area contributed by atoms with Crippen LogP contribution in [0.15, 0.2) is 29.3 Å². The van der Waals surface area contributed by atoms with Crippen molar-refractivity contribution >= 4 is 5.96 Å². The lowest BCUT2D eigenvalue weighted by atomic mass is 9.72. The van der Waals surface area contributed by atoms with Crippen LogP contribution in [0.2, 0.25) is 0 Å². The smallest absolute Gasteiger partial charge is 0.191 e. The van der Waals surface area contributed by atoms with Crippen molar-refractivity contribution in [2.75, 3.05) is 39.5 Å². The zero-order valence-corrected chi connectivity index (χ0v) is 18.8. The van der Waals surface area contributed by atoms with Crippen LogP contribution in [0.25, 0.3) is 0 Å². The molecule has 1 saturated heterocycles. The van der Waals surface area contributed by atoms with Crippen molar-refractivity contribution in [3.63, 3.8) is 0 Å². The fourth-order valence-electron chi connectivity index (χ4n) is 4.41. The van der Waals surface area contributed by atoms with Crippen molar-refractivity contribution in [2.45, 2.75) is 58.8 Å². The van der Waals surface area contributed by atoms with E-state index in [1.54, 1.807) is 0 Å². The molecule has 1 aromatic carbocycles. The quantitative estimate of drug-likeness (QED) is 0.412. The average molecular weight is 404 g/mol. The summed E-state index contributed by atoms with van der Waals surface area (Å²) < 4.78 is 5.68. The fourth-order valence-corrected chi connectivity index (χ4v) is 4.41. The van der Waals surface area contributed by atoms with Gasteiger partial charge in [-0.2, -0.15) is 0 Å². The lowest BCUT2D eigenvalue weighted by Crippen LogP contribution is -2.43. The van der Waals surface area contributed by atoms with Gasteiger partial charge in [0.2, 0.25) is 0 Å². The molecule has 0 saturated carbocycles. The molecular weight excluding hydrogens is 362 g/mol. The Balaban J connectivity index is 2.14. The monoisotopic (exact) mass is 403 g/mol. The van der Waals surface area contributed by atoms with Gasteiger partial charge in [0, 0.05) is 38.3 Å². The highest BCUT2D eigenvalue weighted by molar-refractivity contribution is 5.79. The predicted molar refractivity (Wildman–Crippen MR) is 122 cm³/mol. The van der Waals surface area contributed by atoms with Gasteiger partial charge in [-0.15, -0.1) is 0 Å². The van der Waals surface area contributed by atoms with Crippen LogP contribution in [0.5, 0.6) is 0 Å². The molecule has 0 spiro atoms. The number of nitrogens with one attached hydrogen (secondary N) is 2. The minimum Gasteiger partial charge on any atom is -0.396 e. The molecule has 5 nitrogen and oxygen atoms in total. The minimum atomic E-state index is 0.0361. The molecule has 1 unspecified atom stereocenters. The highest BCUT2D eigenvalue weighted by atomic mass is 16.5. The van der Waals surface area contributed by atoms with Crippen LogP contribution in [0.3, 0.4) is 0 Å². The van der Waals surface area contributed by atoms with E-state index in [1.807, 2.05) is 0 Å². The van der Waals surface area contributed by atoms with Crippen molar-refractivity contribution in [3.8, 4) is 0 Å². The molecule has 1 aromatic rings. The van der Waals surface area contributed by atoms with E-state index in [9.17, 15) is 5.11 Å². The molecule has 164 valence electrons. The Kier molecular flexibility index (Phi) is 9.95. The van der Waals surface area contributed by atoms with Gasteiger partial charge in [-0.3, -0.25) is 4.99 Å². The van der Waals surface area contributed by atoms with E-state index in [2.05, 4.69) is 62.6 Å². The molecule has 1 fully saturated rings. The Morgan fingerprint density at radius 3 is 2.55 bits per heavy atom. The van der Waals surface area contributed by atoms with Crippen LogP contribution in [0.1, 0.15) is 57.6 Å². The van der Waals surface area contributed by atoms with Gasteiger partial charge < -0.3 is 20.5 Å². The summed E-state index contributed by atoms with van der Waals surface area (Å²) in [6.07, 6.45) is 3.94. The Hall–Kier alpha value is -1.59. The van der Waals surface area contributed by atoms with E-state index in [-0.39, 0.29) is 12.0 Å². The van der Waals surface area contributed by atoms with Crippen LogP contribution >= 0.6 is 0 Å². The van der Waals surface area contributed by atoms with E-state index in [0.29, 0.717) is 11.8 Å². The van der Waals surface area contributed by atoms with Crippen molar-refractivity contribution in [3.05, 3.63) is 35.4 Å². The first-order chi connectivity index (χ1) is 14.0. The van der Waals surface area contributed by atoms with Crippen molar-refractivity contribution < 1.29 is 9.84 Å². The average Bonchev–Trinajstić information content (AvgIpc) is 2.70. The van der Waals surface area contributed by atoms with Crippen molar-refractivity contribution in [1.29, 1.82) is 0 Å². The van der Waals surface area contributed by atoms with Crippen LogP contribution in [0.4, 0.5) is 0 Å². The van der Waals surface area contributed by atoms with Gasteiger partial charge >= 0.3 is 0 Å². The molecule has 29 heavy (non-hydrogen) atoms. The Bertz CT molecular complexity index is 624. The molecule has 0 amide bonds.